The second-order valence-corrected chi connectivity index (χ2v) is 5.22. The minimum Gasteiger partial charge on any atom is -0.504 e. The van der Waals surface area contributed by atoms with Crippen molar-refractivity contribution >= 4 is 0 Å². The molecule has 0 spiro atoms. The highest BCUT2D eigenvalue weighted by Crippen LogP contribution is 2.30. The number of rotatable bonds is 5. The summed E-state index contributed by atoms with van der Waals surface area (Å²) in [4.78, 5) is 4.32. The second kappa shape index (κ2) is 5.92. The number of benzene rings is 1. The van der Waals surface area contributed by atoms with Gasteiger partial charge in [-0.25, -0.2) is 0 Å². The molecule has 1 atom stereocenters. The SMILES string of the molecule is CC(C)CC(CN)c1nc(-c2ccc(O)c(O)c2)no1. The highest BCUT2D eigenvalue weighted by Gasteiger charge is 2.19. The van der Waals surface area contributed by atoms with Crippen LogP contribution in [0.4, 0.5) is 0 Å². The highest BCUT2D eigenvalue weighted by molar-refractivity contribution is 5.59. The maximum Gasteiger partial charge on any atom is 0.231 e. The van der Waals surface area contributed by atoms with Gasteiger partial charge in [-0.2, -0.15) is 4.98 Å². The molecular weight excluding hydrogens is 258 g/mol. The van der Waals surface area contributed by atoms with Crippen LogP contribution in [0, 0.1) is 5.92 Å². The van der Waals surface area contributed by atoms with Crippen molar-refractivity contribution < 1.29 is 14.7 Å². The molecule has 0 saturated heterocycles. The summed E-state index contributed by atoms with van der Waals surface area (Å²) in [6.45, 7) is 4.66. The van der Waals surface area contributed by atoms with Crippen molar-refractivity contribution in [2.75, 3.05) is 6.54 Å². The molecular formula is C14H19N3O3. The number of phenols is 2. The van der Waals surface area contributed by atoms with Gasteiger partial charge in [-0.05, 0) is 30.5 Å². The van der Waals surface area contributed by atoms with Gasteiger partial charge in [0.05, 0.1) is 5.92 Å². The minimum absolute atomic E-state index is 0.0296. The van der Waals surface area contributed by atoms with Crippen LogP contribution < -0.4 is 5.73 Å². The number of aromatic nitrogens is 2. The lowest BCUT2D eigenvalue weighted by atomic mass is 9.97. The summed E-state index contributed by atoms with van der Waals surface area (Å²) in [6.07, 6.45) is 0.874. The maximum absolute atomic E-state index is 9.49. The zero-order chi connectivity index (χ0) is 14.7. The lowest BCUT2D eigenvalue weighted by Crippen LogP contribution is -2.15. The van der Waals surface area contributed by atoms with Gasteiger partial charge in [0.1, 0.15) is 0 Å². The van der Waals surface area contributed by atoms with E-state index in [0.717, 1.165) is 6.42 Å². The van der Waals surface area contributed by atoms with Gasteiger partial charge < -0.3 is 20.5 Å². The van der Waals surface area contributed by atoms with Crippen LogP contribution in [0.1, 0.15) is 32.1 Å². The Morgan fingerprint density at radius 2 is 2.00 bits per heavy atom. The van der Waals surface area contributed by atoms with Gasteiger partial charge in [0.2, 0.25) is 11.7 Å². The molecule has 0 bridgehead atoms. The third kappa shape index (κ3) is 3.08. The number of hydrogen-bond acceptors (Lipinski definition) is 6. The quantitative estimate of drug-likeness (QED) is 0.724. The van der Waals surface area contributed by atoms with Gasteiger partial charge in [0.25, 0.3) is 0 Å². The Morgan fingerprint density at radius 3 is 2.60 bits per heavy atom. The van der Waals surface area contributed by atoms with E-state index in [0.29, 0.717) is 29.7 Å². The fourth-order valence-corrected chi connectivity index (χ4v) is 2.05. The number of nitrogens with two attached hydrogens (primary N) is 1. The Balaban J connectivity index is 2.25. The number of nitrogens with zero attached hydrogens (tertiary/aromatic N) is 2. The minimum atomic E-state index is -0.216. The fourth-order valence-electron chi connectivity index (χ4n) is 2.05. The normalized spacial score (nSPS) is 12.8. The van der Waals surface area contributed by atoms with Gasteiger partial charge >= 0.3 is 0 Å². The molecule has 0 saturated carbocycles. The first-order chi connectivity index (χ1) is 9.51. The van der Waals surface area contributed by atoms with Crippen LogP contribution in [0.15, 0.2) is 22.7 Å². The largest absolute Gasteiger partial charge is 0.504 e. The molecule has 0 amide bonds. The Bertz CT molecular complexity index is 581. The van der Waals surface area contributed by atoms with E-state index in [1.165, 1.54) is 12.1 Å². The van der Waals surface area contributed by atoms with Crippen LogP contribution in [-0.4, -0.2) is 26.9 Å². The predicted octanol–water partition coefficient (Wildman–Crippen LogP) is 2.24. The summed E-state index contributed by atoms with van der Waals surface area (Å²) in [7, 11) is 0. The molecule has 2 aromatic rings. The lowest BCUT2D eigenvalue weighted by Gasteiger charge is -2.11. The van der Waals surface area contributed by atoms with Gasteiger partial charge in [-0.15, -0.1) is 0 Å². The van der Waals surface area contributed by atoms with Crippen LogP contribution in [-0.2, 0) is 0 Å². The van der Waals surface area contributed by atoms with Crippen molar-refractivity contribution in [2.45, 2.75) is 26.2 Å². The van der Waals surface area contributed by atoms with E-state index in [2.05, 4.69) is 24.0 Å². The molecule has 0 aliphatic rings. The van der Waals surface area contributed by atoms with Crippen LogP contribution in [0.3, 0.4) is 0 Å². The summed E-state index contributed by atoms with van der Waals surface area (Å²) < 4.78 is 5.26. The van der Waals surface area contributed by atoms with Crippen molar-refractivity contribution in [3.63, 3.8) is 0 Å². The standard InChI is InChI=1S/C14H19N3O3/c1-8(2)5-10(7-15)14-16-13(17-20-14)9-3-4-11(18)12(19)6-9/h3-4,6,8,10,18-19H,5,7,15H2,1-2H3. The Labute approximate surface area is 117 Å². The Morgan fingerprint density at radius 1 is 1.25 bits per heavy atom. The molecule has 2 rings (SSSR count). The number of phenolic OH excluding ortho intramolecular Hbond substituents is 2. The zero-order valence-electron chi connectivity index (χ0n) is 11.6. The van der Waals surface area contributed by atoms with Crippen molar-refractivity contribution in [3.05, 3.63) is 24.1 Å². The molecule has 1 unspecified atom stereocenters. The van der Waals surface area contributed by atoms with E-state index in [9.17, 15) is 10.2 Å². The Kier molecular flexibility index (Phi) is 4.24. The molecule has 6 heteroatoms. The van der Waals surface area contributed by atoms with Crippen LogP contribution in [0.25, 0.3) is 11.4 Å². The molecule has 1 aromatic carbocycles. The first kappa shape index (κ1) is 14.3. The summed E-state index contributed by atoms with van der Waals surface area (Å²) in [5.74, 6) is 0.989. The molecule has 0 aliphatic carbocycles. The molecule has 108 valence electrons. The molecule has 20 heavy (non-hydrogen) atoms. The molecule has 4 N–H and O–H groups in total. The van der Waals surface area contributed by atoms with Gasteiger partial charge in [0.15, 0.2) is 11.5 Å². The molecule has 0 radical (unpaired) electrons. The van der Waals surface area contributed by atoms with E-state index in [4.69, 9.17) is 10.3 Å². The summed E-state index contributed by atoms with van der Waals surface area (Å²) in [5.41, 5.74) is 6.32. The highest BCUT2D eigenvalue weighted by atomic mass is 16.5. The van der Waals surface area contributed by atoms with Crippen molar-refractivity contribution in [1.29, 1.82) is 0 Å². The maximum atomic E-state index is 9.49. The lowest BCUT2D eigenvalue weighted by molar-refractivity contribution is 0.335. The molecule has 0 fully saturated rings. The van der Waals surface area contributed by atoms with Gasteiger partial charge in [0, 0.05) is 12.1 Å². The zero-order valence-corrected chi connectivity index (χ0v) is 11.6. The average molecular weight is 277 g/mol. The van der Waals surface area contributed by atoms with Crippen molar-refractivity contribution in [3.8, 4) is 22.9 Å². The molecule has 1 heterocycles. The summed E-state index contributed by atoms with van der Waals surface area (Å²) in [6, 6.07) is 4.39. The van der Waals surface area contributed by atoms with E-state index in [-0.39, 0.29) is 17.4 Å². The van der Waals surface area contributed by atoms with Crippen LogP contribution in [0.2, 0.25) is 0 Å². The Hall–Kier alpha value is -2.08. The fraction of sp³-hybridized carbons (Fsp3) is 0.429. The number of aromatic hydroxyl groups is 2. The third-order valence-electron chi connectivity index (χ3n) is 3.07. The molecule has 1 aromatic heterocycles. The predicted molar refractivity (Wildman–Crippen MR) is 74.3 cm³/mol. The summed E-state index contributed by atoms with van der Waals surface area (Å²) in [5, 5.41) is 22.7. The first-order valence-electron chi connectivity index (χ1n) is 6.57. The van der Waals surface area contributed by atoms with Gasteiger partial charge in [-0.3, -0.25) is 0 Å². The summed E-state index contributed by atoms with van der Waals surface area (Å²) >= 11 is 0. The van der Waals surface area contributed by atoms with E-state index >= 15 is 0 Å². The van der Waals surface area contributed by atoms with E-state index in [1.54, 1.807) is 6.07 Å². The van der Waals surface area contributed by atoms with E-state index < -0.39 is 0 Å². The van der Waals surface area contributed by atoms with Crippen molar-refractivity contribution in [1.82, 2.24) is 10.1 Å². The molecule has 0 aliphatic heterocycles. The van der Waals surface area contributed by atoms with Crippen LogP contribution >= 0.6 is 0 Å². The van der Waals surface area contributed by atoms with Crippen molar-refractivity contribution in [2.24, 2.45) is 11.7 Å². The van der Waals surface area contributed by atoms with Crippen LogP contribution in [0.5, 0.6) is 11.5 Å². The number of hydrogen-bond donors (Lipinski definition) is 3. The first-order valence-corrected chi connectivity index (χ1v) is 6.57. The average Bonchev–Trinajstić information content (AvgIpc) is 2.88. The monoisotopic (exact) mass is 277 g/mol. The topological polar surface area (TPSA) is 105 Å². The molecule has 6 nitrogen and oxygen atoms in total. The second-order valence-electron chi connectivity index (χ2n) is 5.22. The van der Waals surface area contributed by atoms with E-state index in [1.807, 2.05) is 0 Å². The van der Waals surface area contributed by atoms with Gasteiger partial charge in [-0.1, -0.05) is 19.0 Å². The smallest absolute Gasteiger partial charge is 0.231 e. The third-order valence-corrected chi connectivity index (χ3v) is 3.07.